The number of carbonyl (C=O) groups is 1. The van der Waals surface area contributed by atoms with Crippen LogP contribution in [-0.4, -0.2) is 18.5 Å². The van der Waals surface area contributed by atoms with Crippen molar-refractivity contribution in [1.82, 2.24) is 0 Å². The van der Waals surface area contributed by atoms with E-state index in [4.69, 9.17) is 9.47 Å². The monoisotopic (exact) mass is 383 g/mol. The van der Waals surface area contributed by atoms with E-state index in [0.29, 0.717) is 12.4 Å². The first-order valence-electron chi connectivity index (χ1n) is 7.28. The summed E-state index contributed by atoms with van der Waals surface area (Å²) >= 11 is 3.39. The summed E-state index contributed by atoms with van der Waals surface area (Å²) in [5.41, 5.74) is 1.72. The highest BCUT2D eigenvalue weighted by molar-refractivity contribution is 9.10. The Morgan fingerprint density at radius 2 is 2.04 bits per heavy atom. The summed E-state index contributed by atoms with van der Waals surface area (Å²) in [6, 6.07) is 14.8. The number of ether oxygens (including phenoxy) is 2. The van der Waals surface area contributed by atoms with Gasteiger partial charge < -0.3 is 9.47 Å². The number of nitrogens with zero attached hydrogens (tertiary/aromatic N) is 1. The molecule has 3 rings (SSSR count). The molecule has 0 atom stereocenters. The lowest BCUT2D eigenvalue weighted by molar-refractivity contribution is -0.129. The molecule has 0 saturated carbocycles. The molecule has 0 fully saturated rings. The largest absolute Gasteiger partial charge is 0.489 e. The Hall–Kier alpha value is -2.66. The number of hydrogen-bond acceptors (Lipinski definition) is 4. The molecule has 0 aliphatic carbocycles. The van der Waals surface area contributed by atoms with Gasteiger partial charge in [-0.3, -0.25) is 0 Å². The minimum Gasteiger partial charge on any atom is -0.489 e. The highest BCUT2D eigenvalue weighted by Gasteiger charge is 2.24. The van der Waals surface area contributed by atoms with Crippen LogP contribution in [0.25, 0.3) is 6.08 Å². The van der Waals surface area contributed by atoms with E-state index in [2.05, 4.69) is 27.5 Å². The lowest BCUT2D eigenvalue weighted by Gasteiger charge is -2.06. The predicted octanol–water partition coefficient (Wildman–Crippen LogP) is 4.36. The van der Waals surface area contributed by atoms with Gasteiger partial charge in [-0.05, 0) is 30.3 Å². The summed E-state index contributed by atoms with van der Waals surface area (Å²) in [5, 5.41) is 0. The second-order valence-electron chi connectivity index (χ2n) is 4.98. The van der Waals surface area contributed by atoms with Gasteiger partial charge in [0.15, 0.2) is 5.70 Å². The van der Waals surface area contributed by atoms with E-state index in [1.165, 1.54) is 0 Å². The van der Waals surface area contributed by atoms with Crippen molar-refractivity contribution in [3.05, 3.63) is 82.5 Å². The molecular formula is C19H14BrNO3. The second-order valence-corrected chi connectivity index (χ2v) is 5.90. The highest BCUT2D eigenvalue weighted by Crippen LogP contribution is 2.25. The molecule has 0 unspecified atom stereocenters. The third-order valence-electron chi connectivity index (χ3n) is 3.26. The minimum atomic E-state index is -0.483. The number of halogens is 1. The second kappa shape index (κ2) is 7.27. The Kier molecular flexibility index (Phi) is 4.91. The number of carbonyl (C=O) groups excluding carboxylic acids is 1. The molecule has 0 saturated heterocycles. The standard InChI is InChI=1S/C19H14BrNO3/c1-2-10-23-17-9-4-3-6-13(17)12-16-19(22)24-18(21-16)14-7-5-8-15(20)11-14/h2-9,11-12H,1,10H2/b16-12+. The molecule has 0 spiro atoms. The van der Waals surface area contributed by atoms with Crippen molar-refractivity contribution in [2.75, 3.05) is 6.61 Å². The number of hydrogen-bond donors (Lipinski definition) is 0. The van der Waals surface area contributed by atoms with E-state index in [1.54, 1.807) is 12.2 Å². The van der Waals surface area contributed by atoms with E-state index >= 15 is 0 Å². The van der Waals surface area contributed by atoms with Crippen molar-refractivity contribution in [2.45, 2.75) is 0 Å². The Bertz CT molecular complexity index is 855. The van der Waals surface area contributed by atoms with Crippen LogP contribution in [0.3, 0.4) is 0 Å². The molecule has 1 aliphatic rings. The van der Waals surface area contributed by atoms with Crippen molar-refractivity contribution < 1.29 is 14.3 Å². The van der Waals surface area contributed by atoms with E-state index in [1.807, 2.05) is 48.5 Å². The average Bonchev–Trinajstić information content (AvgIpc) is 2.95. The molecule has 0 amide bonds. The van der Waals surface area contributed by atoms with Gasteiger partial charge in [-0.25, -0.2) is 9.79 Å². The highest BCUT2D eigenvalue weighted by atomic mass is 79.9. The lowest BCUT2D eigenvalue weighted by Crippen LogP contribution is -2.05. The number of aliphatic imine (C=N–C) groups is 1. The van der Waals surface area contributed by atoms with Crippen molar-refractivity contribution in [3.8, 4) is 5.75 Å². The van der Waals surface area contributed by atoms with Crippen LogP contribution in [0.15, 0.2) is 76.3 Å². The molecular weight excluding hydrogens is 370 g/mol. The molecule has 120 valence electrons. The molecule has 1 heterocycles. The quantitative estimate of drug-likeness (QED) is 0.437. The summed E-state index contributed by atoms with van der Waals surface area (Å²) in [5.74, 6) is 0.462. The third-order valence-corrected chi connectivity index (χ3v) is 3.75. The molecule has 0 radical (unpaired) electrons. The maximum Gasteiger partial charge on any atom is 0.363 e. The van der Waals surface area contributed by atoms with Crippen LogP contribution >= 0.6 is 15.9 Å². The van der Waals surface area contributed by atoms with Gasteiger partial charge in [0.1, 0.15) is 12.4 Å². The van der Waals surface area contributed by atoms with Crippen LogP contribution in [0.5, 0.6) is 5.75 Å². The number of benzene rings is 2. The summed E-state index contributed by atoms with van der Waals surface area (Å²) in [6.07, 6.45) is 3.32. The zero-order chi connectivity index (χ0) is 16.9. The Labute approximate surface area is 148 Å². The normalized spacial score (nSPS) is 15.1. The zero-order valence-electron chi connectivity index (χ0n) is 12.7. The van der Waals surface area contributed by atoms with Crippen molar-refractivity contribution in [1.29, 1.82) is 0 Å². The summed E-state index contributed by atoms with van der Waals surface area (Å²) in [7, 11) is 0. The number of para-hydroxylation sites is 1. The lowest BCUT2D eigenvalue weighted by atomic mass is 10.1. The van der Waals surface area contributed by atoms with E-state index in [9.17, 15) is 4.79 Å². The van der Waals surface area contributed by atoms with Gasteiger partial charge in [0.25, 0.3) is 0 Å². The van der Waals surface area contributed by atoms with Crippen molar-refractivity contribution in [3.63, 3.8) is 0 Å². The molecule has 5 heteroatoms. The number of rotatable bonds is 5. The minimum absolute atomic E-state index is 0.236. The van der Waals surface area contributed by atoms with Crippen molar-refractivity contribution >= 4 is 33.9 Å². The Morgan fingerprint density at radius 1 is 1.21 bits per heavy atom. The fourth-order valence-electron chi connectivity index (χ4n) is 2.18. The van der Waals surface area contributed by atoms with Crippen LogP contribution in [0.2, 0.25) is 0 Å². The predicted molar refractivity (Wildman–Crippen MR) is 96.9 cm³/mol. The number of esters is 1. The van der Waals surface area contributed by atoms with Gasteiger partial charge in [-0.1, -0.05) is 52.9 Å². The molecule has 0 aromatic heterocycles. The van der Waals surface area contributed by atoms with Gasteiger partial charge in [-0.2, -0.15) is 0 Å². The zero-order valence-corrected chi connectivity index (χ0v) is 14.3. The average molecular weight is 384 g/mol. The van der Waals surface area contributed by atoms with Gasteiger partial charge in [-0.15, -0.1) is 0 Å². The fraction of sp³-hybridized carbons (Fsp3) is 0.0526. The molecule has 2 aromatic rings. The first kappa shape index (κ1) is 16.2. The molecule has 0 bridgehead atoms. The maximum absolute atomic E-state index is 12.1. The van der Waals surface area contributed by atoms with Crippen LogP contribution in [0.1, 0.15) is 11.1 Å². The van der Waals surface area contributed by atoms with Gasteiger partial charge in [0, 0.05) is 15.6 Å². The molecule has 1 aliphatic heterocycles. The van der Waals surface area contributed by atoms with E-state index in [-0.39, 0.29) is 11.6 Å². The van der Waals surface area contributed by atoms with Gasteiger partial charge in [0.2, 0.25) is 5.90 Å². The van der Waals surface area contributed by atoms with Crippen molar-refractivity contribution in [2.24, 2.45) is 4.99 Å². The molecule has 4 nitrogen and oxygen atoms in total. The van der Waals surface area contributed by atoms with E-state index in [0.717, 1.165) is 15.6 Å². The number of cyclic esters (lactones) is 1. The van der Waals surface area contributed by atoms with Gasteiger partial charge >= 0.3 is 5.97 Å². The first-order chi connectivity index (χ1) is 11.7. The van der Waals surface area contributed by atoms with E-state index < -0.39 is 5.97 Å². The third kappa shape index (κ3) is 3.63. The van der Waals surface area contributed by atoms with Crippen LogP contribution in [0.4, 0.5) is 0 Å². The SMILES string of the molecule is C=CCOc1ccccc1/C=C1/N=C(c2cccc(Br)c2)OC1=O. The smallest absolute Gasteiger partial charge is 0.363 e. The topological polar surface area (TPSA) is 47.9 Å². The molecule has 24 heavy (non-hydrogen) atoms. The molecule has 2 aromatic carbocycles. The molecule has 0 N–H and O–H groups in total. The maximum atomic E-state index is 12.1. The van der Waals surface area contributed by atoms with Crippen LogP contribution < -0.4 is 4.74 Å². The van der Waals surface area contributed by atoms with Crippen LogP contribution in [0, 0.1) is 0 Å². The van der Waals surface area contributed by atoms with Crippen LogP contribution in [-0.2, 0) is 9.53 Å². The van der Waals surface area contributed by atoms with Gasteiger partial charge in [0.05, 0.1) is 0 Å². The Morgan fingerprint density at radius 3 is 2.83 bits per heavy atom. The first-order valence-corrected chi connectivity index (χ1v) is 8.08. The summed E-state index contributed by atoms with van der Waals surface area (Å²) in [4.78, 5) is 16.4. The summed E-state index contributed by atoms with van der Waals surface area (Å²) < 4.78 is 11.8. The summed E-state index contributed by atoms with van der Waals surface area (Å²) in [6.45, 7) is 4.02. The Balaban J connectivity index is 1.93. The fourth-order valence-corrected chi connectivity index (χ4v) is 2.58.